The van der Waals surface area contributed by atoms with Crippen LogP contribution in [0.3, 0.4) is 0 Å². The standard InChI is InChI=1S/C17H17N3O/c18-10-16-8-14(6-7-19-16)12-21-17-3-1-2-13(9-17)11-20-15-4-5-15/h1-3,6-9,15,20H,4-5,11-12H2. The van der Waals surface area contributed by atoms with E-state index in [0.717, 1.165) is 17.9 Å². The minimum Gasteiger partial charge on any atom is -0.489 e. The molecular formula is C17H17N3O. The maximum atomic E-state index is 8.83. The molecule has 4 heteroatoms. The molecule has 0 bridgehead atoms. The Balaban J connectivity index is 1.58. The number of hydrogen-bond acceptors (Lipinski definition) is 4. The molecule has 1 heterocycles. The van der Waals surface area contributed by atoms with Crippen LogP contribution >= 0.6 is 0 Å². The van der Waals surface area contributed by atoms with Crippen LogP contribution < -0.4 is 10.1 Å². The van der Waals surface area contributed by atoms with Gasteiger partial charge in [-0.2, -0.15) is 5.26 Å². The molecule has 0 saturated heterocycles. The van der Waals surface area contributed by atoms with Crippen LogP contribution in [0.1, 0.15) is 29.7 Å². The summed E-state index contributed by atoms with van der Waals surface area (Å²) in [4.78, 5) is 3.95. The smallest absolute Gasteiger partial charge is 0.140 e. The summed E-state index contributed by atoms with van der Waals surface area (Å²) >= 11 is 0. The largest absolute Gasteiger partial charge is 0.489 e. The van der Waals surface area contributed by atoms with E-state index in [-0.39, 0.29) is 0 Å². The molecule has 0 spiro atoms. The summed E-state index contributed by atoms with van der Waals surface area (Å²) in [6, 6.07) is 14.5. The van der Waals surface area contributed by atoms with Gasteiger partial charge in [0.05, 0.1) is 0 Å². The summed E-state index contributed by atoms with van der Waals surface area (Å²) < 4.78 is 5.79. The highest BCUT2D eigenvalue weighted by Crippen LogP contribution is 2.20. The van der Waals surface area contributed by atoms with Crippen LogP contribution in [0.15, 0.2) is 42.6 Å². The lowest BCUT2D eigenvalue weighted by atomic mass is 10.2. The van der Waals surface area contributed by atoms with E-state index in [9.17, 15) is 0 Å². The molecule has 4 nitrogen and oxygen atoms in total. The fourth-order valence-corrected chi connectivity index (χ4v) is 2.09. The summed E-state index contributed by atoms with van der Waals surface area (Å²) in [5, 5.41) is 12.3. The van der Waals surface area contributed by atoms with Crippen molar-refractivity contribution in [3.05, 3.63) is 59.4 Å². The topological polar surface area (TPSA) is 57.9 Å². The van der Waals surface area contributed by atoms with E-state index in [2.05, 4.69) is 22.4 Å². The molecule has 1 N–H and O–H groups in total. The van der Waals surface area contributed by atoms with Gasteiger partial charge in [-0.25, -0.2) is 4.98 Å². The van der Waals surface area contributed by atoms with Gasteiger partial charge in [0, 0.05) is 18.8 Å². The van der Waals surface area contributed by atoms with Crippen LogP contribution in [0.25, 0.3) is 0 Å². The normalized spacial score (nSPS) is 13.7. The van der Waals surface area contributed by atoms with Crippen LogP contribution in [0, 0.1) is 11.3 Å². The Morgan fingerprint density at radius 1 is 1.24 bits per heavy atom. The molecule has 0 radical (unpaired) electrons. The molecule has 0 amide bonds. The average molecular weight is 279 g/mol. The number of ether oxygens (including phenoxy) is 1. The molecule has 106 valence electrons. The summed E-state index contributed by atoms with van der Waals surface area (Å²) in [6.45, 7) is 1.33. The van der Waals surface area contributed by atoms with Crippen molar-refractivity contribution in [2.24, 2.45) is 0 Å². The monoisotopic (exact) mass is 279 g/mol. The lowest BCUT2D eigenvalue weighted by molar-refractivity contribution is 0.305. The first-order chi connectivity index (χ1) is 10.3. The number of nitriles is 1. The van der Waals surface area contributed by atoms with Gasteiger partial charge in [0.2, 0.25) is 0 Å². The fraction of sp³-hybridized carbons (Fsp3) is 0.294. The molecule has 0 atom stereocenters. The molecule has 1 aliphatic carbocycles. The van der Waals surface area contributed by atoms with Gasteiger partial charge in [0.1, 0.15) is 24.1 Å². The van der Waals surface area contributed by atoms with Gasteiger partial charge in [0.25, 0.3) is 0 Å². The zero-order chi connectivity index (χ0) is 14.5. The van der Waals surface area contributed by atoms with E-state index in [1.54, 1.807) is 12.3 Å². The van der Waals surface area contributed by atoms with E-state index in [1.165, 1.54) is 18.4 Å². The zero-order valence-electron chi connectivity index (χ0n) is 11.7. The first-order valence-corrected chi connectivity index (χ1v) is 7.13. The van der Waals surface area contributed by atoms with Crippen molar-refractivity contribution in [3.8, 4) is 11.8 Å². The number of rotatable bonds is 6. The van der Waals surface area contributed by atoms with Crippen molar-refractivity contribution in [2.45, 2.75) is 32.0 Å². The van der Waals surface area contributed by atoms with Gasteiger partial charge in [-0.05, 0) is 48.2 Å². The number of benzene rings is 1. The quantitative estimate of drug-likeness (QED) is 0.883. The highest BCUT2D eigenvalue weighted by molar-refractivity contribution is 5.30. The Bertz CT molecular complexity index is 659. The summed E-state index contributed by atoms with van der Waals surface area (Å²) in [6.07, 6.45) is 4.21. The number of aromatic nitrogens is 1. The predicted molar refractivity (Wildman–Crippen MR) is 79.6 cm³/mol. The van der Waals surface area contributed by atoms with Crippen molar-refractivity contribution in [1.29, 1.82) is 5.26 Å². The molecule has 1 fully saturated rings. The average Bonchev–Trinajstić information content (AvgIpc) is 3.36. The minimum absolute atomic E-state index is 0.415. The molecule has 3 rings (SSSR count). The third-order valence-corrected chi connectivity index (χ3v) is 3.42. The maximum absolute atomic E-state index is 8.83. The maximum Gasteiger partial charge on any atom is 0.140 e. The molecule has 2 aromatic rings. The second kappa shape index (κ2) is 6.38. The summed E-state index contributed by atoms with van der Waals surface area (Å²) in [5.74, 6) is 0.848. The van der Waals surface area contributed by atoms with Gasteiger partial charge in [-0.3, -0.25) is 0 Å². The molecule has 1 aromatic carbocycles. The SMILES string of the molecule is N#Cc1cc(COc2cccc(CNC3CC3)c2)ccn1. The predicted octanol–water partition coefficient (Wildman–Crippen LogP) is 2.78. The first kappa shape index (κ1) is 13.6. The van der Waals surface area contributed by atoms with Crippen LogP contribution in [0.2, 0.25) is 0 Å². The third-order valence-electron chi connectivity index (χ3n) is 3.42. The molecule has 1 saturated carbocycles. The van der Waals surface area contributed by atoms with Crippen LogP contribution in [0.5, 0.6) is 5.75 Å². The van der Waals surface area contributed by atoms with Gasteiger partial charge in [-0.1, -0.05) is 12.1 Å². The highest BCUT2D eigenvalue weighted by Gasteiger charge is 2.19. The van der Waals surface area contributed by atoms with Crippen molar-refractivity contribution in [3.63, 3.8) is 0 Å². The molecule has 0 aliphatic heterocycles. The van der Waals surface area contributed by atoms with Gasteiger partial charge < -0.3 is 10.1 Å². The summed E-state index contributed by atoms with van der Waals surface area (Å²) in [7, 11) is 0. The van der Waals surface area contributed by atoms with Gasteiger partial charge in [-0.15, -0.1) is 0 Å². The second-order valence-electron chi connectivity index (χ2n) is 5.25. The third kappa shape index (κ3) is 4.04. The highest BCUT2D eigenvalue weighted by atomic mass is 16.5. The lowest BCUT2D eigenvalue weighted by Gasteiger charge is -2.09. The molecule has 21 heavy (non-hydrogen) atoms. The Kier molecular flexibility index (Phi) is 4.13. The van der Waals surface area contributed by atoms with Crippen molar-refractivity contribution in [1.82, 2.24) is 10.3 Å². The molecule has 1 aromatic heterocycles. The van der Waals surface area contributed by atoms with Crippen LogP contribution in [0.4, 0.5) is 0 Å². The van der Waals surface area contributed by atoms with E-state index >= 15 is 0 Å². The minimum atomic E-state index is 0.415. The van der Waals surface area contributed by atoms with Gasteiger partial charge in [0.15, 0.2) is 0 Å². The fourth-order valence-electron chi connectivity index (χ4n) is 2.09. The van der Waals surface area contributed by atoms with Crippen LogP contribution in [-0.2, 0) is 13.2 Å². The van der Waals surface area contributed by atoms with Gasteiger partial charge >= 0.3 is 0 Å². The zero-order valence-corrected chi connectivity index (χ0v) is 11.7. The van der Waals surface area contributed by atoms with Crippen molar-refractivity contribution >= 4 is 0 Å². The Hall–Kier alpha value is -2.38. The van der Waals surface area contributed by atoms with Crippen LogP contribution in [-0.4, -0.2) is 11.0 Å². The number of pyridine rings is 1. The van der Waals surface area contributed by atoms with Crippen molar-refractivity contribution < 1.29 is 4.74 Å². The van der Waals surface area contributed by atoms with E-state index in [1.807, 2.05) is 24.3 Å². The Morgan fingerprint density at radius 3 is 2.95 bits per heavy atom. The summed E-state index contributed by atoms with van der Waals surface area (Å²) in [5.41, 5.74) is 2.59. The lowest BCUT2D eigenvalue weighted by Crippen LogP contribution is -2.15. The Morgan fingerprint density at radius 2 is 2.14 bits per heavy atom. The number of nitrogens with one attached hydrogen (secondary N) is 1. The molecule has 1 aliphatic rings. The Labute approximate surface area is 124 Å². The van der Waals surface area contributed by atoms with E-state index in [0.29, 0.717) is 18.3 Å². The molecule has 0 unspecified atom stereocenters. The second-order valence-corrected chi connectivity index (χ2v) is 5.25. The number of nitrogens with zero attached hydrogens (tertiary/aromatic N) is 2. The van der Waals surface area contributed by atoms with E-state index < -0.39 is 0 Å². The van der Waals surface area contributed by atoms with E-state index in [4.69, 9.17) is 10.00 Å². The first-order valence-electron chi connectivity index (χ1n) is 7.13. The molecular weight excluding hydrogens is 262 g/mol. The number of hydrogen-bond donors (Lipinski definition) is 1. The van der Waals surface area contributed by atoms with Crippen molar-refractivity contribution in [2.75, 3.05) is 0 Å².